The Morgan fingerprint density at radius 2 is 2.25 bits per heavy atom. The van der Waals surface area contributed by atoms with Gasteiger partial charge in [-0.25, -0.2) is 4.39 Å². The molecule has 1 unspecified atom stereocenters. The van der Waals surface area contributed by atoms with Gasteiger partial charge in [-0.05, 0) is 31.4 Å². The summed E-state index contributed by atoms with van der Waals surface area (Å²) in [5.74, 6) is -0.649. The van der Waals surface area contributed by atoms with Gasteiger partial charge in [-0.1, -0.05) is 29.9 Å². The lowest BCUT2D eigenvalue weighted by molar-refractivity contribution is -0.132. The molecule has 0 saturated carbocycles. The van der Waals surface area contributed by atoms with E-state index in [2.05, 4.69) is 0 Å². The molecule has 6 heteroatoms. The fraction of sp³-hybridized carbons (Fsp3) is 0.429. The minimum atomic E-state index is -0.463. The van der Waals surface area contributed by atoms with Gasteiger partial charge >= 0.3 is 0 Å². The molecule has 1 atom stereocenters. The van der Waals surface area contributed by atoms with Crippen molar-refractivity contribution >= 4 is 34.7 Å². The van der Waals surface area contributed by atoms with Crippen LogP contribution in [0.5, 0.6) is 0 Å². The Bertz CT molecular complexity index is 518. The summed E-state index contributed by atoms with van der Waals surface area (Å²) in [5.41, 5.74) is 5.91. The highest BCUT2D eigenvalue weighted by molar-refractivity contribution is 7.80. The molecule has 1 saturated heterocycles. The number of halogens is 2. The number of nitrogens with zero attached hydrogens (tertiary/aromatic N) is 1. The van der Waals surface area contributed by atoms with E-state index in [-0.39, 0.29) is 29.0 Å². The van der Waals surface area contributed by atoms with Crippen molar-refractivity contribution in [3.05, 3.63) is 34.6 Å². The number of nitrogens with two attached hydrogens (primary N) is 1. The number of benzene rings is 1. The third kappa shape index (κ3) is 3.27. The molecule has 1 aromatic rings. The Balaban J connectivity index is 2.16. The number of carbonyl (C=O) groups excluding carboxylic acids is 1. The minimum absolute atomic E-state index is 0.0649. The fourth-order valence-corrected chi connectivity index (χ4v) is 2.95. The lowest BCUT2D eigenvalue weighted by Crippen LogP contribution is -2.50. The predicted molar refractivity (Wildman–Crippen MR) is 81.3 cm³/mol. The first kappa shape index (κ1) is 15.2. The quantitative estimate of drug-likeness (QED) is 0.873. The molecule has 108 valence electrons. The number of hydrogen-bond acceptors (Lipinski definition) is 2. The summed E-state index contributed by atoms with van der Waals surface area (Å²) in [6.45, 7) is 0.604. The molecule has 1 amide bonds. The van der Waals surface area contributed by atoms with Crippen LogP contribution in [0.1, 0.15) is 24.8 Å². The second kappa shape index (κ2) is 6.50. The van der Waals surface area contributed by atoms with Crippen LogP contribution in [-0.2, 0) is 11.2 Å². The van der Waals surface area contributed by atoms with E-state index < -0.39 is 5.82 Å². The Morgan fingerprint density at radius 1 is 1.50 bits per heavy atom. The van der Waals surface area contributed by atoms with E-state index >= 15 is 0 Å². The Morgan fingerprint density at radius 3 is 2.90 bits per heavy atom. The smallest absolute Gasteiger partial charge is 0.227 e. The van der Waals surface area contributed by atoms with E-state index in [0.717, 1.165) is 19.3 Å². The largest absolute Gasteiger partial charge is 0.392 e. The summed E-state index contributed by atoms with van der Waals surface area (Å²) in [6, 6.07) is 4.17. The Kier molecular flexibility index (Phi) is 4.94. The zero-order valence-electron chi connectivity index (χ0n) is 10.9. The molecule has 1 fully saturated rings. The van der Waals surface area contributed by atoms with Crippen LogP contribution in [0.25, 0.3) is 0 Å². The highest BCUT2D eigenvalue weighted by atomic mass is 35.5. The summed E-state index contributed by atoms with van der Waals surface area (Å²) in [6.07, 6.45) is 2.61. The average Bonchev–Trinajstić information content (AvgIpc) is 2.43. The second-order valence-electron chi connectivity index (χ2n) is 4.88. The number of amides is 1. The molecule has 1 aliphatic rings. The molecule has 0 aromatic heterocycles. The highest BCUT2D eigenvalue weighted by Crippen LogP contribution is 2.23. The number of carbonyl (C=O) groups is 1. The van der Waals surface area contributed by atoms with Crippen molar-refractivity contribution in [3.8, 4) is 0 Å². The zero-order valence-corrected chi connectivity index (χ0v) is 12.5. The van der Waals surface area contributed by atoms with Crippen molar-refractivity contribution in [2.45, 2.75) is 31.7 Å². The summed E-state index contributed by atoms with van der Waals surface area (Å²) in [4.78, 5) is 14.3. The van der Waals surface area contributed by atoms with E-state index in [1.54, 1.807) is 11.0 Å². The van der Waals surface area contributed by atoms with Gasteiger partial charge in [0.25, 0.3) is 0 Å². The van der Waals surface area contributed by atoms with Crippen LogP contribution in [0.4, 0.5) is 4.39 Å². The standard InChI is InChI=1S/C14H16ClFN2OS/c15-10-4-3-5-11(16)9(10)8-13(19)18-7-2-1-6-12(18)14(17)20/h3-5,12H,1-2,6-8H2,(H2,17,20). The topological polar surface area (TPSA) is 46.3 Å². The Hall–Kier alpha value is -1.20. The predicted octanol–water partition coefficient (Wildman–Crippen LogP) is 2.69. The molecule has 0 bridgehead atoms. The summed E-state index contributed by atoms with van der Waals surface area (Å²) in [5, 5.41) is 0.266. The van der Waals surface area contributed by atoms with Crippen molar-refractivity contribution < 1.29 is 9.18 Å². The second-order valence-corrected chi connectivity index (χ2v) is 5.76. The van der Waals surface area contributed by atoms with E-state index in [9.17, 15) is 9.18 Å². The van der Waals surface area contributed by atoms with E-state index in [1.807, 2.05) is 0 Å². The van der Waals surface area contributed by atoms with Gasteiger partial charge in [0, 0.05) is 17.1 Å². The van der Waals surface area contributed by atoms with Crippen LogP contribution in [-0.4, -0.2) is 28.4 Å². The number of likely N-dealkylation sites (tertiary alicyclic amines) is 1. The monoisotopic (exact) mass is 314 g/mol. The number of thiocarbonyl (C=S) groups is 1. The molecule has 0 aliphatic carbocycles. The zero-order chi connectivity index (χ0) is 14.7. The number of piperidine rings is 1. The van der Waals surface area contributed by atoms with Gasteiger partial charge in [-0.15, -0.1) is 0 Å². The minimum Gasteiger partial charge on any atom is -0.392 e. The third-order valence-electron chi connectivity index (χ3n) is 3.54. The van der Waals surface area contributed by atoms with E-state index in [0.29, 0.717) is 11.5 Å². The van der Waals surface area contributed by atoms with Crippen molar-refractivity contribution in [1.29, 1.82) is 0 Å². The summed E-state index contributed by atoms with van der Waals surface area (Å²) in [7, 11) is 0. The first-order chi connectivity index (χ1) is 9.50. The third-order valence-corrected chi connectivity index (χ3v) is 4.17. The van der Waals surface area contributed by atoms with Crippen molar-refractivity contribution in [3.63, 3.8) is 0 Å². The summed E-state index contributed by atoms with van der Waals surface area (Å²) < 4.78 is 13.7. The molecule has 0 radical (unpaired) electrons. The van der Waals surface area contributed by atoms with Gasteiger partial charge in [-0.3, -0.25) is 4.79 Å². The molecule has 20 heavy (non-hydrogen) atoms. The number of rotatable bonds is 3. The van der Waals surface area contributed by atoms with Gasteiger partial charge in [0.1, 0.15) is 5.82 Å². The van der Waals surface area contributed by atoms with Gasteiger partial charge in [-0.2, -0.15) is 0 Å². The first-order valence-corrected chi connectivity index (χ1v) is 7.31. The lowest BCUT2D eigenvalue weighted by atomic mass is 10.0. The van der Waals surface area contributed by atoms with E-state index in [1.165, 1.54) is 12.1 Å². The van der Waals surface area contributed by atoms with Gasteiger partial charge in [0.2, 0.25) is 5.91 Å². The maximum Gasteiger partial charge on any atom is 0.227 e. The van der Waals surface area contributed by atoms with Crippen LogP contribution in [0.2, 0.25) is 5.02 Å². The van der Waals surface area contributed by atoms with Gasteiger partial charge in [0.15, 0.2) is 0 Å². The number of hydrogen-bond donors (Lipinski definition) is 1. The maximum absolute atomic E-state index is 13.7. The molecule has 1 aromatic carbocycles. The van der Waals surface area contributed by atoms with E-state index in [4.69, 9.17) is 29.6 Å². The first-order valence-electron chi connectivity index (χ1n) is 6.52. The SMILES string of the molecule is NC(=S)C1CCCCN1C(=O)Cc1c(F)cccc1Cl. The molecular formula is C14H16ClFN2OS. The molecule has 3 nitrogen and oxygen atoms in total. The van der Waals surface area contributed by atoms with Crippen LogP contribution < -0.4 is 5.73 Å². The van der Waals surface area contributed by atoms with Crippen LogP contribution >= 0.6 is 23.8 Å². The molecule has 0 spiro atoms. The molecule has 1 aliphatic heterocycles. The van der Waals surface area contributed by atoms with Crippen LogP contribution in [0, 0.1) is 5.82 Å². The normalized spacial score (nSPS) is 18.9. The lowest BCUT2D eigenvalue weighted by Gasteiger charge is -2.35. The molecular weight excluding hydrogens is 299 g/mol. The summed E-state index contributed by atoms with van der Waals surface area (Å²) >= 11 is 11.0. The van der Waals surface area contributed by atoms with Gasteiger partial charge < -0.3 is 10.6 Å². The maximum atomic E-state index is 13.7. The van der Waals surface area contributed by atoms with Crippen LogP contribution in [0.15, 0.2) is 18.2 Å². The average molecular weight is 315 g/mol. The van der Waals surface area contributed by atoms with Gasteiger partial charge in [0.05, 0.1) is 17.5 Å². The van der Waals surface area contributed by atoms with Crippen molar-refractivity contribution in [2.24, 2.45) is 5.73 Å². The van der Waals surface area contributed by atoms with Crippen LogP contribution in [0.3, 0.4) is 0 Å². The molecule has 1 heterocycles. The Labute approximate surface area is 127 Å². The molecule has 2 rings (SSSR count). The van der Waals surface area contributed by atoms with Crippen molar-refractivity contribution in [2.75, 3.05) is 6.54 Å². The fourth-order valence-electron chi connectivity index (χ4n) is 2.48. The highest BCUT2D eigenvalue weighted by Gasteiger charge is 2.29. The van der Waals surface area contributed by atoms with Crippen molar-refractivity contribution in [1.82, 2.24) is 4.90 Å². The molecule has 2 N–H and O–H groups in total.